The summed E-state index contributed by atoms with van der Waals surface area (Å²) < 4.78 is 36.4. The molecule has 0 aliphatic heterocycles. The Morgan fingerprint density at radius 2 is 1.87 bits per heavy atom. The number of nitrogens with two attached hydrogens (primary N) is 1. The van der Waals surface area contributed by atoms with Crippen LogP contribution in [-0.4, -0.2) is 6.18 Å². The van der Waals surface area contributed by atoms with Gasteiger partial charge in [-0.05, 0) is 30.5 Å². The first kappa shape index (κ1) is 12.0. The van der Waals surface area contributed by atoms with Crippen LogP contribution >= 0.6 is 0 Å². The second-order valence-electron chi connectivity index (χ2n) is 3.71. The molecule has 15 heavy (non-hydrogen) atoms. The molecule has 0 unspecified atom stereocenters. The Kier molecular flexibility index (Phi) is 3.39. The second-order valence-corrected chi connectivity index (χ2v) is 3.71. The third-order valence-electron chi connectivity index (χ3n) is 2.50. The van der Waals surface area contributed by atoms with Crippen LogP contribution in [0.1, 0.15) is 29.2 Å². The van der Waals surface area contributed by atoms with Gasteiger partial charge in [-0.1, -0.05) is 18.2 Å². The summed E-state index contributed by atoms with van der Waals surface area (Å²) >= 11 is 0. The number of rotatable bonds is 2. The summed E-state index contributed by atoms with van der Waals surface area (Å²) in [4.78, 5) is 0. The van der Waals surface area contributed by atoms with E-state index in [9.17, 15) is 13.2 Å². The Morgan fingerprint density at radius 1 is 1.27 bits per heavy atom. The number of hydrogen-bond donors (Lipinski definition) is 1. The van der Waals surface area contributed by atoms with E-state index in [0.717, 1.165) is 11.1 Å². The van der Waals surface area contributed by atoms with Crippen molar-refractivity contribution in [3.05, 3.63) is 34.9 Å². The van der Waals surface area contributed by atoms with E-state index in [0.29, 0.717) is 5.56 Å². The van der Waals surface area contributed by atoms with Crippen LogP contribution in [-0.2, 0) is 0 Å². The van der Waals surface area contributed by atoms with E-state index in [4.69, 9.17) is 5.73 Å². The summed E-state index contributed by atoms with van der Waals surface area (Å²) in [5.74, 6) is 0. The molecule has 84 valence electrons. The van der Waals surface area contributed by atoms with Crippen molar-refractivity contribution in [2.45, 2.75) is 32.5 Å². The fraction of sp³-hybridized carbons (Fsp3) is 0.455. The summed E-state index contributed by atoms with van der Waals surface area (Å²) in [7, 11) is 0. The highest BCUT2D eigenvalue weighted by molar-refractivity contribution is 5.35. The maximum atomic E-state index is 12.1. The molecule has 0 heterocycles. The van der Waals surface area contributed by atoms with E-state index in [1.54, 1.807) is 19.1 Å². The van der Waals surface area contributed by atoms with E-state index >= 15 is 0 Å². The molecule has 0 saturated heterocycles. The lowest BCUT2D eigenvalue weighted by Crippen LogP contribution is -2.21. The van der Waals surface area contributed by atoms with Gasteiger partial charge in [0.2, 0.25) is 0 Å². The molecule has 0 amide bonds. The highest BCUT2D eigenvalue weighted by Crippen LogP contribution is 2.29. The Bertz CT molecular complexity index is 344. The molecule has 2 N–H and O–H groups in total. The summed E-state index contributed by atoms with van der Waals surface area (Å²) in [6.45, 7) is 3.65. The zero-order valence-corrected chi connectivity index (χ0v) is 8.73. The molecular weight excluding hydrogens is 203 g/mol. The average Bonchev–Trinajstić information content (AvgIpc) is 2.06. The van der Waals surface area contributed by atoms with Crippen molar-refractivity contribution in [2.75, 3.05) is 0 Å². The van der Waals surface area contributed by atoms with Crippen LogP contribution in [0.25, 0.3) is 0 Å². The fourth-order valence-electron chi connectivity index (χ4n) is 1.53. The zero-order valence-electron chi connectivity index (χ0n) is 8.73. The number of benzene rings is 1. The number of halogens is 3. The molecule has 0 radical (unpaired) electrons. The maximum Gasteiger partial charge on any atom is 0.390 e. The molecule has 0 bridgehead atoms. The smallest absolute Gasteiger partial charge is 0.324 e. The third-order valence-corrected chi connectivity index (χ3v) is 2.50. The molecule has 1 aromatic carbocycles. The van der Waals surface area contributed by atoms with Crippen molar-refractivity contribution in [2.24, 2.45) is 5.73 Å². The van der Waals surface area contributed by atoms with Gasteiger partial charge >= 0.3 is 6.18 Å². The zero-order chi connectivity index (χ0) is 11.6. The van der Waals surface area contributed by atoms with Gasteiger partial charge in [0.25, 0.3) is 0 Å². The van der Waals surface area contributed by atoms with Gasteiger partial charge in [-0.2, -0.15) is 13.2 Å². The second kappa shape index (κ2) is 4.23. The molecule has 0 saturated carbocycles. The van der Waals surface area contributed by atoms with Crippen LogP contribution in [0.5, 0.6) is 0 Å². The monoisotopic (exact) mass is 217 g/mol. The first-order valence-electron chi connectivity index (χ1n) is 4.69. The quantitative estimate of drug-likeness (QED) is 0.808. The molecule has 0 aromatic heterocycles. The van der Waals surface area contributed by atoms with Crippen LogP contribution < -0.4 is 5.73 Å². The molecule has 1 atom stereocenters. The molecule has 1 nitrogen and oxygen atoms in total. The first-order valence-corrected chi connectivity index (χ1v) is 4.69. The minimum atomic E-state index is -4.21. The third kappa shape index (κ3) is 3.23. The molecule has 4 heteroatoms. The van der Waals surface area contributed by atoms with Crippen LogP contribution in [0.2, 0.25) is 0 Å². The van der Waals surface area contributed by atoms with Crippen molar-refractivity contribution < 1.29 is 13.2 Å². The number of aryl methyl sites for hydroxylation is 1. The fourth-order valence-corrected chi connectivity index (χ4v) is 1.53. The van der Waals surface area contributed by atoms with Crippen molar-refractivity contribution >= 4 is 0 Å². The summed E-state index contributed by atoms with van der Waals surface area (Å²) in [6, 6.07) is 4.27. The van der Waals surface area contributed by atoms with Gasteiger partial charge in [0.1, 0.15) is 0 Å². The predicted molar refractivity (Wildman–Crippen MR) is 53.5 cm³/mol. The predicted octanol–water partition coefficient (Wildman–Crippen LogP) is 3.26. The summed E-state index contributed by atoms with van der Waals surface area (Å²) in [5, 5.41) is 0. The summed E-state index contributed by atoms with van der Waals surface area (Å²) in [6.07, 6.45) is -5.19. The van der Waals surface area contributed by atoms with Gasteiger partial charge in [-0.15, -0.1) is 0 Å². The van der Waals surface area contributed by atoms with E-state index in [1.807, 2.05) is 13.0 Å². The highest BCUT2D eigenvalue weighted by Gasteiger charge is 2.31. The SMILES string of the molecule is Cc1cccc([C@H](N)CC(F)(F)F)c1C. The molecule has 0 fully saturated rings. The number of hydrogen-bond acceptors (Lipinski definition) is 1. The normalized spacial score (nSPS) is 14.0. The molecular formula is C11H14F3N. The van der Waals surface area contributed by atoms with Crippen molar-refractivity contribution in [3.8, 4) is 0 Å². The Balaban J connectivity index is 2.92. The molecule has 0 aliphatic carbocycles. The van der Waals surface area contributed by atoms with E-state index < -0.39 is 18.6 Å². The lowest BCUT2D eigenvalue weighted by molar-refractivity contribution is -0.138. The van der Waals surface area contributed by atoms with E-state index in [-0.39, 0.29) is 0 Å². The first-order chi connectivity index (χ1) is 6.81. The highest BCUT2D eigenvalue weighted by atomic mass is 19.4. The topological polar surface area (TPSA) is 26.0 Å². The van der Waals surface area contributed by atoms with Crippen LogP contribution in [0.15, 0.2) is 18.2 Å². The van der Waals surface area contributed by atoms with Crippen molar-refractivity contribution in [1.29, 1.82) is 0 Å². The van der Waals surface area contributed by atoms with E-state index in [1.165, 1.54) is 0 Å². The minimum absolute atomic E-state index is 0.576. The van der Waals surface area contributed by atoms with Gasteiger partial charge in [0, 0.05) is 6.04 Å². The van der Waals surface area contributed by atoms with Crippen LogP contribution in [0.4, 0.5) is 13.2 Å². The Hall–Kier alpha value is -1.03. The number of alkyl halides is 3. The lowest BCUT2D eigenvalue weighted by Gasteiger charge is -2.17. The van der Waals surface area contributed by atoms with Gasteiger partial charge < -0.3 is 5.73 Å². The van der Waals surface area contributed by atoms with Gasteiger partial charge in [-0.3, -0.25) is 0 Å². The summed E-state index contributed by atoms with van der Waals surface area (Å²) in [5.41, 5.74) is 7.91. The molecule has 1 rings (SSSR count). The van der Waals surface area contributed by atoms with Crippen LogP contribution in [0.3, 0.4) is 0 Å². The average molecular weight is 217 g/mol. The maximum absolute atomic E-state index is 12.1. The van der Waals surface area contributed by atoms with Crippen molar-refractivity contribution in [1.82, 2.24) is 0 Å². The van der Waals surface area contributed by atoms with Gasteiger partial charge in [0.15, 0.2) is 0 Å². The minimum Gasteiger partial charge on any atom is -0.324 e. The largest absolute Gasteiger partial charge is 0.390 e. The Morgan fingerprint density at radius 3 is 2.40 bits per heavy atom. The van der Waals surface area contributed by atoms with Gasteiger partial charge in [0.05, 0.1) is 6.42 Å². The molecule has 1 aromatic rings. The lowest BCUT2D eigenvalue weighted by atomic mass is 9.96. The molecule has 0 aliphatic rings. The van der Waals surface area contributed by atoms with Crippen molar-refractivity contribution in [3.63, 3.8) is 0 Å². The van der Waals surface area contributed by atoms with E-state index in [2.05, 4.69) is 0 Å². The van der Waals surface area contributed by atoms with Crippen LogP contribution in [0, 0.1) is 13.8 Å². The van der Waals surface area contributed by atoms with Gasteiger partial charge in [-0.25, -0.2) is 0 Å². The standard InChI is InChI=1S/C11H14F3N/c1-7-4-3-5-9(8(7)2)10(15)6-11(12,13)14/h3-5,10H,6,15H2,1-2H3/t10-/m1/s1. The Labute approximate surface area is 87.1 Å². The molecule has 0 spiro atoms.